The summed E-state index contributed by atoms with van der Waals surface area (Å²) in [5.74, 6) is -0.0702. The Hall–Kier alpha value is -1.89. The highest BCUT2D eigenvalue weighted by Gasteiger charge is 2.26. The molecule has 1 N–H and O–H groups in total. The number of benzene rings is 2. The van der Waals surface area contributed by atoms with Gasteiger partial charge in [-0.15, -0.1) is 0 Å². The predicted octanol–water partition coefficient (Wildman–Crippen LogP) is 4.59. The molecule has 2 aromatic carbocycles. The molecule has 1 atom stereocenters. The van der Waals surface area contributed by atoms with Crippen molar-refractivity contribution in [1.82, 2.24) is 9.80 Å². The third-order valence-corrected chi connectivity index (χ3v) is 6.09. The van der Waals surface area contributed by atoms with Crippen LogP contribution in [-0.4, -0.2) is 53.8 Å². The molecule has 0 spiro atoms. The van der Waals surface area contributed by atoms with Crippen molar-refractivity contribution in [3.05, 3.63) is 63.1 Å². The lowest BCUT2D eigenvalue weighted by Gasteiger charge is -2.27. The first-order valence-corrected chi connectivity index (χ1v) is 10.9. The molecule has 0 saturated carbocycles. The molecular weight excluding hydrogens is 454 g/mol. The molecule has 2 amide bonds. The summed E-state index contributed by atoms with van der Waals surface area (Å²) in [6.45, 7) is 6.58. The van der Waals surface area contributed by atoms with Crippen molar-refractivity contribution in [2.45, 2.75) is 26.3 Å². The van der Waals surface area contributed by atoms with Crippen LogP contribution in [0.1, 0.15) is 29.3 Å². The molecule has 3 rings (SSSR count). The summed E-state index contributed by atoms with van der Waals surface area (Å²) in [5.41, 5.74) is 2.49. The Bertz CT molecular complexity index is 905. The van der Waals surface area contributed by atoms with E-state index < -0.39 is 0 Å². The molecule has 1 aliphatic rings. The van der Waals surface area contributed by atoms with E-state index in [-0.39, 0.29) is 17.9 Å². The normalized spacial score (nSPS) is 16.2. The molecule has 7 heteroatoms. The molecule has 0 aliphatic carbocycles. The van der Waals surface area contributed by atoms with E-state index >= 15 is 0 Å². The lowest BCUT2D eigenvalue weighted by molar-refractivity contribution is -0.120. The van der Waals surface area contributed by atoms with Crippen molar-refractivity contribution in [3.8, 4) is 0 Å². The van der Waals surface area contributed by atoms with E-state index in [0.29, 0.717) is 30.2 Å². The highest BCUT2D eigenvalue weighted by atomic mass is 79.9. The van der Waals surface area contributed by atoms with Crippen LogP contribution in [0, 0.1) is 6.92 Å². The quantitative estimate of drug-likeness (QED) is 0.699. The largest absolute Gasteiger partial charge is 0.337 e. The first-order chi connectivity index (χ1) is 13.8. The van der Waals surface area contributed by atoms with Crippen LogP contribution >= 0.6 is 27.5 Å². The average Bonchev–Trinajstić information content (AvgIpc) is 2.95. The molecule has 0 aromatic heterocycles. The zero-order valence-electron chi connectivity index (χ0n) is 16.6. The van der Waals surface area contributed by atoms with Crippen molar-refractivity contribution in [2.24, 2.45) is 0 Å². The molecule has 5 nitrogen and oxygen atoms in total. The van der Waals surface area contributed by atoms with Crippen LogP contribution in [0.4, 0.5) is 5.69 Å². The summed E-state index contributed by atoms with van der Waals surface area (Å²) in [4.78, 5) is 29.5. The van der Waals surface area contributed by atoms with Crippen LogP contribution in [0.5, 0.6) is 0 Å². The number of hydrogen-bond acceptors (Lipinski definition) is 3. The topological polar surface area (TPSA) is 52.7 Å². The highest BCUT2D eigenvalue weighted by Crippen LogP contribution is 2.24. The van der Waals surface area contributed by atoms with Gasteiger partial charge in [-0.05, 0) is 72.1 Å². The maximum atomic E-state index is 12.8. The van der Waals surface area contributed by atoms with Crippen molar-refractivity contribution < 1.29 is 9.59 Å². The third-order valence-electron chi connectivity index (χ3n) is 5.20. The van der Waals surface area contributed by atoms with Crippen LogP contribution in [-0.2, 0) is 4.79 Å². The first-order valence-electron chi connectivity index (χ1n) is 9.71. The van der Waals surface area contributed by atoms with Gasteiger partial charge in [0.25, 0.3) is 5.91 Å². The van der Waals surface area contributed by atoms with Crippen molar-refractivity contribution in [2.75, 3.05) is 31.5 Å². The average molecular weight is 479 g/mol. The molecule has 1 aliphatic heterocycles. The number of halogens is 2. The summed E-state index contributed by atoms with van der Waals surface area (Å²) in [6, 6.07) is 12.6. The molecule has 154 valence electrons. The Morgan fingerprint density at radius 1 is 1.10 bits per heavy atom. The molecule has 0 radical (unpaired) electrons. The fraction of sp³-hybridized carbons (Fsp3) is 0.364. The summed E-state index contributed by atoms with van der Waals surface area (Å²) >= 11 is 9.52. The van der Waals surface area contributed by atoms with E-state index in [4.69, 9.17) is 11.6 Å². The zero-order valence-corrected chi connectivity index (χ0v) is 19.0. The Morgan fingerprint density at radius 2 is 1.90 bits per heavy atom. The fourth-order valence-corrected chi connectivity index (χ4v) is 4.24. The van der Waals surface area contributed by atoms with Gasteiger partial charge in [-0.25, -0.2) is 0 Å². The predicted molar refractivity (Wildman–Crippen MR) is 121 cm³/mol. The Morgan fingerprint density at radius 3 is 2.62 bits per heavy atom. The Balaban J connectivity index is 1.60. The summed E-state index contributed by atoms with van der Waals surface area (Å²) in [7, 11) is 0. The van der Waals surface area contributed by atoms with Gasteiger partial charge < -0.3 is 10.2 Å². The van der Waals surface area contributed by atoms with Crippen LogP contribution in [0.25, 0.3) is 0 Å². The van der Waals surface area contributed by atoms with Gasteiger partial charge in [-0.1, -0.05) is 23.7 Å². The standard InChI is InChI=1S/C22H25BrClN3O2/c1-15-7-8-20(19(23)13-15)25-21(28)16(2)26-9-4-10-27(12-11-26)22(29)17-5-3-6-18(24)14-17/h3,5-8,13-14,16H,4,9-12H2,1-2H3,(H,25,28). The first kappa shape index (κ1) is 21.8. The number of nitrogens with zero attached hydrogens (tertiary/aromatic N) is 2. The molecule has 2 aromatic rings. The zero-order chi connectivity index (χ0) is 21.0. The number of rotatable bonds is 4. The summed E-state index contributed by atoms with van der Waals surface area (Å²) < 4.78 is 0.868. The highest BCUT2D eigenvalue weighted by molar-refractivity contribution is 9.10. The molecule has 1 fully saturated rings. The molecule has 1 heterocycles. The fourth-order valence-electron chi connectivity index (χ4n) is 3.46. The summed E-state index contributed by atoms with van der Waals surface area (Å²) in [5, 5.41) is 3.55. The van der Waals surface area contributed by atoms with Gasteiger partial charge in [-0.3, -0.25) is 14.5 Å². The number of amides is 2. The lowest BCUT2D eigenvalue weighted by Crippen LogP contribution is -2.44. The van der Waals surface area contributed by atoms with E-state index in [1.807, 2.05) is 36.9 Å². The monoisotopic (exact) mass is 477 g/mol. The molecule has 1 saturated heterocycles. The number of carbonyl (C=O) groups excluding carboxylic acids is 2. The maximum Gasteiger partial charge on any atom is 0.253 e. The molecular formula is C22H25BrClN3O2. The number of hydrogen-bond donors (Lipinski definition) is 1. The Kier molecular flexibility index (Phi) is 7.33. The van der Waals surface area contributed by atoms with Crippen molar-refractivity contribution in [1.29, 1.82) is 0 Å². The minimum atomic E-state index is -0.288. The second-order valence-corrected chi connectivity index (χ2v) is 8.63. The molecule has 1 unspecified atom stereocenters. The SMILES string of the molecule is Cc1ccc(NC(=O)C(C)N2CCCN(C(=O)c3cccc(Cl)c3)CC2)c(Br)c1. The van der Waals surface area contributed by atoms with Gasteiger partial charge in [0.1, 0.15) is 0 Å². The van der Waals surface area contributed by atoms with Crippen molar-refractivity contribution in [3.63, 3.8) is 0 Å². The van der Waals surface area contributed by atoms with Gasteiger partial charge in [0.15, 0.2) is 0 Å². The van der Waals surface area contributed by atoms with Crippen LogP contribution in [0.2, 0.25) is 5.02 Å². The maximum absolute atomic E-state index is 12.8. The van der Waals surface area contributed by atoms with E-state index in [0.717, 1.165) is 28.7 Å². The van der Waals surface area contributed by atoms with Crippen LogP contribution in [0.15, 0.2) is 46.9 Å². The van der Waals surface area contributed by atoms with E-state index in [9.17, 15) is 9.59 Å². The number of carbonyl (C=O) groups is 2. The van der Waals surface area contributed by atoms with Gasteiger partial charge in [-0.2, -0.15) is 0 Å². The van der Waals surface area contributed by atoms with E-state index in [1.165, 1.54) is 0 Å². The van der Waals surface area contributed by atoms with Crippen LogP contribution < -0.4 is 5.32 Å². The minimum Gasteiger partial charge on any atom is -0.337 e. The Labute approximate surface area is 185 Å². The lowest BCUT2D eigenvalue weighted by atomic mass is 10.2. The van der Waals surface area contributed by atoms with Gasteiger partial charge in [0, 0.05) is 41.2 Å². The van der Waals surface area contributed by atoms with Gasteiger partial charge in [0.2, 0.25) is 5.91 Å². The molecule has 0 bridgehead atoms. The second kappa shape index (κ2) is 9.74. The van der Waals surface area contributed by atoms with E-state index in [1.54, 1.807) is 24.3 Å². The van der Waals surface area contributed by atoms with E-state index in [2.05, 4.69) is 26.1 Å². The number of aryl methyl sites for hydroxylation is 1. The smallest absolute Gasteiger partial charge is 0.253 e. The molecule has 29 heavy (non-hydrogen) atoms. The summed E-state index contributed by atoms with van der Waals surface area (Å²) in [6.07, 6.45) is 0.818. The van der Waals surface area contributed by atoms with Crippen LogP contribution in [0.3, 0.4) is 0 Å². The second-order valence-electron chi connectivity index (χ2n) is 7.34. The minimum absolute atomic E-state index is 0.0185. The van der Waals surface area contributed by atoms with Gasteiger partial charge in [0.05, 0.1) is 11.7 Å². The number of anilines is 1. The van der Waals surface area contributed by atoms with Gasteiger partial charge >= 0.3 is 0 Å². The number of nitrogens with one attached hydrogen (secondary N) is 1. The third kappa shape index (κ3) is 5.59. The van der Waals surface area contributed by atoms with Crippen molar-refractivity contribution >= 4 is 45.0 Å².